The highest BCUT2D eigenvalue weighted by Crippen LogP contribution is 2.29. The molecule has 125 heavy (non-hydrogen) atoms. The summed E-state index contributed by atoms with van der Waals surface area (Å²) < 4.78 is 120. The molecule has 0 bridgehead atoms. The van der Waals surface area contributed by atoms with Crippen LogP contribution < -0.4 is 0 Å². The second-order valence-corrected chi connectivity index (χ2v) is 29.1. The topological polar surface area (TPSA) is 132 Å². The Morgan fingerprint density at radius 1 is 0.240 bits per heavy atom. The van der Waals surface area contributed by atoms with Crippen molar-refractivity contribution in [1.82, 2.24) is 0 Å². The first-order chi connectivity index (χ1) is 58.9. The zero-order chi connectivity index (χ0) is 94.3. The Bertz CT molecular complexity index is 5050. The molecule has 0 aromatic heterocycles. The van der Waals surface area contributed by atoms with Crippen LogP contribution in [0, 0.1) is 119 Å². The fourth-order valence-corrected chi connectivity index (χ4v) is 10.1. The number of carbonyl (C=O) groups excluding carboxylic acids is 5. The van der Waals surface area contributed by atoms with Crippen molar-refractivity contribution in [2.45, 2.75) is 96.2 Å². The summed E-state index contributed by atoms with van der Waals surface area (Å²) in [5, 5.41) is 3.69. The number of hydrogen-bond donors (Lipinski definition) is 0. The minimum absolute atomic E-state index is 0.132. The molecule has 0 saturated carbocycles. The van der Waals surface area contributed by atoms with Gasteiger partial charge in [-0.3, -0.25) is 0 Å². The van der Waals surface area contributed by atoms with Gasteiger partial charge in [0.15, 0.2) is 0 Å². The largest absolute Gasteiger partial charge is 0.465 e. The molecule has 0 aliphatic heterocycles. The van der Waals surface area contributed by atoms with Gasteiger partial charge >= 0.3 is 36.0 Å². The van der Waals surface area contributed by atoms with E-state index in [-0.39, 0.29) is 35.4 Å². The summed E-state index contributed by atoms with van der Waals surface area (Å²) in [7, 11) is 6.73. The lowest BCUT2D eigenvalue weighted by atomic mass is 10.1. The average Bonchev–Trinajstić information content (AvgIpc) is 0.827. The molecular formula is C102H103Cl5F8O10. The monoisotopic (exact) mass is 1810 g/mol. The molecule has 13 aromatic rings. The van der Waals surface area contributed by atoms with Gasteiger partial charge in [0.2, 0.25) is 0 Å². The van der Waals surface area contributed by atoms with E-state index in [2.05, 4.69) is 23.7 Å². The van der Waals surface area contributed by atoms with E-state index in [4.69, 9.17) is 58.0 Å². The molecule has 0 atom stereocenters. The molecule has 0 radical (unpaired) electrons. The van der Waals surface area contributed by atoms with Crippen LogP contribution in [0.3, 0.4) is 0 Å². The van der Waals surface area contributed by atoms with Crippen molar-refractivity contribution < 1.29 is 82.8 Å². The number of hydrogen-bond acceptors (Lipinski definition) is 10. The Labute approximate surface area is 754 Å². The lowest BCUT2D eigenvalue weighted by Gasteiger charge is -2.05. The van der Waals surface area contributed by atoms with E-state index in [1.165, 1.54) is 107 Å². The Morgan fingerprint density at radius 3 is 0.960 bits per heavy atom. The highest BCUT2D eigenvalue weighted by molar-refractivity contribution is 6.42. The lowest BCUT2D eigenvalue weighted by Crippen LogP contribution is -2.06. The van der Waals surface area contributed by atoms with Crippen LogP contribution in [0.15, 0.2) is 297 Å². The Hall–Kier alpha value is -11.9. The van der Waals surface area contributed by atoms with E-state index in [1.807, 2.05) is 202 Å². The molecule has 13 aromatic carbocycles. The minimum atomic E-state index is -4.21. The second kappa shape index (κ2) is 61.4. The number of alkyl halides is 3. The van der Waals surface area contributed by atoms with Crippen molar-refractivity contribution in [1.29, 1.82) is 0 Å². The molecule has 662 valence electrons. The molecule has 0 aliphatic rings. The van der Waals surface area contributed by atoms with Gasteiger partial charge < -0.3 is 23.7 Å². The number of aryl methyl sites for hydroxylation is 13. The fourth-order valence-electron chi connectivity index (χ4n) is 9.28. The standard InChI is InChI=1S/C11H12O4.3C9H10O2.C8H7F3.C7H6Cl2.3C7H7Cl.C7H6F2.3C7H7F/c1-7-4-8(10(12)14-2)6-9(5-7)11(13)15-3;1-7-3-5-8(6-4-7)9(10)11-2;1-7-4-3-5-8(6-7)9(10)11-2;1-7-5-3-4-6-8(7)9(10)11-2;1-6-2-4-7(5-3-6)8(9,10)11;1-5-2-3-6(8)7(9)4-5;1-6-2-4-7(8)5-3-6;1-6-3-2-4-7(8)5-6;1-6-4-2-3-5-7(6)8;1-5-2-6(8)4-7(9)3-5;1-6-2-4-7(8)5-3-6;1-6-3-2-4-7(8)5-6;1-6-4-2-3-5-7(6)8/h4-6H,1-3H3;3*3-6H,1-2H3;2-5H,1H3;2-4H,1H3;3*2-5H,1H3;2-4H,1H3;3*2-5H,1H3. The van der Waals surface area contributed by atoms with E-state index >= 15 is 0 Å². The number of ether oxygens (including phenoxy) is 5. The molecule has 0 spiro atoms. The molecule has 23 heteroatoms. The van der Waals surface area contributed by atoms with E-state index < -0.39 is 35.3 Å². The molecular weight excluding hydrogens is 1710 g/mol. The maximum absolute atomic E-state index is 12.3. The van der Waals surface area contributed by atoms with Crippen molar-refractivity contribution in [2.24, 2.45) is 0 Å². The molecule has 0 heterocycles. The second-order valence-electron chi connectivity index (χ2n) is 27.0. The van der Waals surface area contributed by atoms with Crippen LogP contribution in [0.5, 0.6) is 0 Å². The lowest BCUT2D eigenvalue weighted by molar-refractivity contribution is -0.137. The first-order valence-corrected chi connectivity index (χ1v) is 39.9. The van der Waals surface area contributed by atoms with Gasteiger partial charge in [-0.25, -0.2) is 45.9 Å². The van der Waals surface area contributed by atoms with E-state index in [9.17, 15) is 59.1 Å². The van der Waals surface area contributed by atoms with Gasteiger partial charge in [0.05, 0.1) is 79.0 Å². The van der Waals surface area contributed by atoms with Crippen LogP contribution in [-0.2, 0) is 29.9 Å². The summed E-state index contributed by atoms with van der Waals surface area (Å²) in [5.41, 5.74) is 14.8. The summed E-state index contributed by atoms with van der Waals surface area (Å²) in [4.78, 5) is 55.4. The third-order valence-corrected chi connectivity index (χ3v) is 17.6. The number of rotatable bonds is 5. The third kappa shape index (κ3) is 50.5. The van der Waals surface area contributed by atoms with Crippen molar-refractivity contribution in [3.63, 3.8) is 0 Å². The highest BCUT2D eigenvalue weighted by atomic mass is 35.5. The predicted octanol–water partition coefficient (Wildman–Crippen LogP) is 29.8. The minimum Gasteiger partial charge on any atom is -0.465 e. The van der Waals surface area contributed by atoms with Crippen molar-refractivity contribution in [3.05, 3.63) is 457 Å². The van der Waals surface area contributed by atoms with E-state index in [0.29, 0.717) is 49.0 Å². The Morgan fingerprint density at radius 2 is 0.608 bits per heavy atom. The zero-order valence-electron chi connectivity index (χ0n) is 72.8. The number of esters is 5. The number of halogens is 13. The highest BCUT2D eigenvalue weighted by Gasteiger charge is 2.29. The summed E-state index contributed by atoms with van der Waals surface area (Å²) in [6.07, 6.45) is -4.21. The van der Waals surface area contributed by atoms with Crippen molar-refractivity contribution >= 4 is 87.9 Å². The SMILES string of the molecule is COC(=O)c1cc(C)cc(C(=O)OC)c1.COC(=O)c1ccc(C)cc1.COC(=O)c1cccc(C)c1.COC(=O)c1ccccc1C.Cc1cc(F)cc(F)c1.Cc1ccc(C(F)(F)F)cc1.Cc1ccc(Cl)c(Cl)c1.Cc1ccc(Cl)cc1.Cc1ccc(F)cc1.Cc1cccc(Cl)c1.Cc1cccc(F)c1.Cc1ccccc1Cl.Cc1ccccc1F. The maximum atomic E-state index is 12.3. The number of carbonyl (C=O) groups is 5. The number of benzene rings is 13. The molecule has 0 N–H and O–H groups in total. The molecule has 0 saturated heterocycles. The Balaban J connectivity index is 0.000000680. The van der Waals surface area contributed by atoms with Crippen LogP contribution in [0.1, 0.15) is 130 Å². The first-order valence-electron chi connectivity index (χ1n) is 38.0. The summed E-state index contributed by atoms with van der Waals surface area (Å²) in [6, 6.07) is 83.6. The van der Waals surface area contributed by atoms with Crippen LogP contribution >= 0.6 is 58.0 Å². The van der Waals surface area contributed by atoms with Crippen LogP contribution in [0.4, 0.5) is 35.1 Å². The van der Waals surface area contributed by atoms with E-state index in [0.717, 1.165) is 83.3 Å². The Kier molecular flexibility index (Phi) is 54.6. The van der Waals surface area contributed by atoms with Gasteiger partial charge in [0.1, 0.15) is 29.1 Å². The van der Waals surface area contributed by atoms with Crippen LogP contribution in [0.2, 0.25) is 25.1 Å². The quantitative estimate of drug-likeness (QED) is 0.0932. The normalized spacial score (nSPS) is 9.56. The zero-order valence-corrected chi connectivity index (χ0v) is 76.6. The first kappa shape index (κ1) is 111. The van der Waals surface area contributed by atoms with Gasteiger partial charge in [-0.1, -0.05) is 231 Å². The van der Waals surface area contributed by atoms with Gasteiger partial charge in [-0.15, -0.1) is 0 Å². The smallest absolute Gasteiger partial charge is 0.416 e. The molecule has 0 fully saturated rings. The average molecular weight is 1820 g/mol. The molecule has 13 rings (SSSR count). The van der Waals surface area contributed by atoms with Gasteiger partial charge in [0.25, 0.3) is 0 Å². The van der Waals surface area contributed by atoms with Crippen LogP contribution in [0.25, 0.3) is 0 Å². The fraction of sp³-hybridized carbons (Fsp3) is 0.186. The van der Waals surface area contributed by atoms with Gasteiger partial charge in [0, 0.05) is 21.1 Å². The summed E-state index contributed by atoms with van der Waals surface area (Å²) in [6.45, 7) is 24.5. The molecule has 0 aliphatic carbocycles. The van der Waals surface area contributed by atoms with Crippen molar-refractivity contribution in [2.75, 3.05) is 35.5 Å². The molecule has 10 nitrogen and oxygen atoms in total. The number of methoxy groups -OCH3 is 5. The van der Waals surface area contributed by atoms with Gasteiger partial charge in [-0.2, -0.15) is 13.2 Å². The van der Waals surface area contributed by atoms with Crippen molar-refractivity contribution in [3.8, 4) is 0 Å². The molecule has 0 amide bonds. The van der Waals surface area contributed by atoms with Gasteiger partial charge in [-0.05, 0) is 280 Å². The van der Waals surface area contributed by atoms with E-state index in [1.54, 1.807) is 107 Å². The predicted molar refractivity (Wildman–Crippen MR) is 492 cm³/mol. The molecule has 0 unspecified atom stereocenters. The summed E-state index contributed by atoms with van der Waals surface area (Å²) in [5.74, 6) is -3.29. The third-order valence-electron chi connectivity index (χ3n) is 16.0. The summed E-state index contributed by atoms with van der Waals surface area (Å²) >= 11 is 28.3. The van der Waals surface area contributed by atoms with Crippen LogP contribution in [-0.4, -0.2) is 65.4 Å². The maximum Gasteiger partial charge on any atom is 0.416 e.